The average Bonchev–Trinajstić information content (AvgIpc) is 2.26. The van der Waals surface area contributed by atoms with Crippen molar-refractivity contribution in [3.63, 3.8) is 0 Å². The largest absolute Gasteiger partial charge is 0.438 e. The Hall–Kier alpha value is -1.85. The van der Waals surface area contributed by atoms with Crippen molar-refractivity contribution < 1.29 is 13.2 Å². The predicted octanol–water partition coefficient (Wildman–Crippen LogP) is 2.74. The first-order valence-corrected chi connectivity index (χ1v) is 5.43. The zero-order valence-corrected chi connectivity index (χ0v) is 9.88. The first-order valence-electron chi connectivity index (χ1n) is 5.43. The standard InChI is InChI=1S/C12H11F3N2O/c1-3-17-9-6-7(2)4-5-8(9)16-10(11(17)18)12(13,14)15/h4-6H,3H2,1-2H3. The summed E-state index contributed by atoms with van der Waals surface area (Å²) in [6.45, 7) is 3.61. The SMILES string of the molecule is CCn1c(=O)c(C(F)(F)F)nc2ccc(C)cc21. The van der Waals surface area contributed by atoms with Crippen LogP contribution in [-0.4, -0.2) is 9.55 Å². The van der Waals surface area contributed by atoms with Crippen molar-refractivity contribution >= 4 is 11.0 Å². The Labute approximate surface area is 101 Å². The van der Waals surface area contributed by atoms with Gasteiger partial charge in [0.1, 0.15) is 0 Å². The Morgan fingerprint density at radius 3 is 2.56 bits per heavy atom. The molecule has 0 radical (unpaired) electrons. The summed E-state index contributed by atoms with van der Waals surface area (Å²) < 4.78 is 39.2. The molecule has 0 saturated heterocycles. The van der Waals surface area contributed by atoms with Gasteiger partial charge in [-0.15, -0.1) is 0 Å². The number of benzene rings is 1. The lowest BCUT2D eigenvalue weighted by Gasteiger charge is -2.12. The molecule has 96 valence electrons. The van der Waals surface area contributed by atoms with E-state index in [-0.39, 0.29) is 12.1 Å². The number of nitrogens with zero attached hydrogens (tertiary/aromatic N) is 2. The molecule has 1 heterocycles. The van der Waals surface area contributed by atoms with E-state index >= 15 is 0 Å². The van der Waals surface area contributed by atoms with Gasteiger partial charge in [0.25, 0.3) is 5.56 Å². The van der Waals surface area contributed by atoms with Crippen LogP contribution in [0.1, 0.15) is 18.2 Å². The smallest absolute Gasteiger partial charge is 0.305 e. The van der Waals surface area contributed by atoms with Crippen LogP contribution in [0.5, 0.6) is 0 Å². The molecular weight excluding hydrogens is 245 g/mol. The maximum atomic E-state index is 12.7. The molecule has 2 aromatic rings. The van der Waals surface area contributed by atoms with E-state index < -0.39 is 17.4 Å². The van der Waals surface area contributed by atoms with E-state index in [0.717, 1.165) is 10.1 Å². The van der Waals surface area contributed by atoms with Crippen molar-refractivity contribution in [1.82, 2.24) is 9.55 Å². The highest BCUT2D eigenvalue weighted by Gasteiger charge is 2.37. The summed E-state index contributed by atoms with van der Waals surface area (Å²) in [5, 5.41) is 0. The first-order chi connectivity index (χ1) is 8.34. The van der Waals surface area contributed by atoms with Gasteiger partial charge in [0.15, 0.2) is 0 Å². The minimum absolute atomic E-state index is 0.171. The van der Waals surface area contributed by atoms with Gasteiger partial charge in [-0.05, 0) is 31.5 Å². The van der Waals surface area contributed by atoms with Gasteiger partial charge in [0.05, 0.1) is 11.0 Å². The van der Waals surface area contributed by atoms with E-state index in [0.29, 0.717) is 5.52 Å². The zero-order valence-electron chi connectivity index (χ0n) is 9.88. The van der Waals surface area contributed by atoms with Crippen molar-refractivity contribution in [2.24, 2.45) is 0 Å². The summed E-state index contributed by atoms with van der Waals surface area (Å²) in [6.07, 6.45) is -4.73. The van der Waals surface area contributed by atoms with Crippen LogP contribution < -0.4 is 5.56 Å². The van der Waals surface area contributed by atoms with Gasteiger partial charge in [-0.25, -0.2) is 4.98 Å². The Kier molecular flexibility index (Phi) is 2.88. The fourth-order valence-corrected chi connectivity index (χ4v) is 1.85. The Bertz CT molecular complexity index is 659. The van der Waals surface area contributed by atoms with Crippen LogP contribution in [0.2, 0.25) is 0 Å². The summed E-state index contributed by atoms with van der Waals surface area (Å²) in [7, 11) is 0. The molecule has 1 aromatic carbocycles. The number of hydrogen-bond acceptors (Lipinski definition) is 2. The molecule has 0 N–H and O–H groups in total. The normalized spacial score (nSPS) is 12.1. The molecule has 0 aliphatic rings. The second kappa shape index (κ2) is 4.12. The van der Waals surface area contributed by atoms with Gasteiger partial charge >= 0.3 is 6.18 Å². The summed E-state index contributed by atoms with van der Waals surface area (Å²) in [4.78, 5) is 15.2. The number of aromatic nitrogens is 2. The maximum Gasteiger partial charge on any atom is 0.438 e. The number of rotatable bonds is 1. The third-order valence-corrected chi connectivity index (χ3v) is 2.69. The van der Waals surface area contributed by atoms with Crippen molar-refractivity contribution in [2.75, 3.05) is 0 Å². The Morgan fingerprint density at radius 2 is 2.00 bits per heavy atom. The van der Waals surface area contributed by atoms with Crippen LogP contribution in [-0.2, 0) is 12.7 Å². The third kappa shape index (κ3) is 1.98. The van der Waals surface area contributed by atoms with Crippen molar-refractivity contribution in [2.45, 2.75) is 26.6 Å². The molecule has 0 aliphatic heterocycles. The lowest BCUT2D eigenvalue weighted by Crippen LogP contribution is -2.30. The topological polar surface area (TPSA) is 34.9 Å². The lowest BCUT2D eigenvalue weighted by atomic mass is 10.2. The Morgan fingerprint density at radius 1 is 1.33 bits per heavy atom. The van der Waals surface area contributed by atoms with E-state index in [2.05, 4.69) is 4.98 Å². The average molecular weight is 256 g/mol. The molecule has 1 aromatic heterocycles. The molecule has 2 rings (SSSR count). The summed E-state index contributed by atoms with van der Waals surface area (Å²) >= 11 is 0. The first kappa shape index (κ1) is 12.6. The van der Waals surface area contributed by atoms with Gasteiger partial charge in [0, 0.05) is 6.54 Å². The Balaban J connectivity index is 2.92. The van der Waals surface area contributed by atoms with Crippen molar-refractivity contribution in [3.8, 4) is 0 Å². The van der Waals surface area contributed by atoms with Crippen LogP contribution in [0.4, 0.5) is 13.2 Å². The van der Waals surface area contributed by atoms with E-state index in [4.69, 9.17) is 0 Å². The number of halogens is 3. The minimum atomic E-state index is -4.73. The second-order valence-corrected chi connectivity index (χ2v) is 4.00. The van der Waals surface area contributed by atoms with Gasteiger partial charge in [0.2, 0.25) is 5.69 Å². The van der Waals surface area contributed by atoms with Crippen LogP contribution in [0.25, 0.3) is 11.0 Å². The van der Waals surface area contributed by atoms with Crippen molar-refractivity contribution in [3.05, 3.63) is 39.8 Å². The molecule has 0 saturated carbocycles. The summed E-state index contributed by atoms with van der Waals surface area (Å²) in [5.41, 5.74) is -0.987. The van der Waals surface area contributed by atoms with E-state index in [1.54, 1.807) is 19.1 Å². The molecular formula is C12H11F3N2O. The quantitative estimate of drug-likeness (QED) is 0.786. The van der Waals surface area contributed by atoms with Crippen LogP contribution in [0.15, 0.2) is 23.0 Å². The molecule has 0 amide bonds. The number of hydrogen-bond donors (Lipinski definition) is 0. The van der Waals surface area contributed by atoms with E-state index in [1.807, 2.05) is 6.92 Å². The number of aryl methyl sites for hydroxylation is 2. The molecule has 3 nitrogen and oxygen atoms in total. The zero-order chi connectivity index (χ0) is 13.5. The fourth-order valence-electron chi connectivity index (χ4n) is 1.85. The molecule has 0 bridgehead atoms. The third-order valence-electron chi connectivity index (χ3n) is 2.69. The molecule has 0 aliphatic carbocycles. The van der Waals surface area contributed by atoms with Gasteiger partial charge in [-0.2, -0.15) is 13.2 Å². The van der Waals surface area contributed by atoms with Crippen LogP contribution in [0, 0.1) is 6.92 Å². The maximum absolute atomic E-state index is 12.7. The second-order valence-electron chi connectivity index (χ2n) is 4.00. The van der Waals surface area contributed by atoms with E-state index in [1.165, 1.54) is 6.07 Å². The van der Waals surface area contributed by atoms with Gasteiger partial charge < -0.3 is 4.57 Å². The van der Waals surface area contributed by atoms with E-state index in [9.17, 15) is 18.0 Å². The monoisotopic (exact) mass is 256 g/mol. The highest BCUT2D eigenvalue weighted by molar-refractivity contribution is 5.75. The number of alkyl halides is 3. The molecule has 6 heteroatoms. The molecule has 0 fully saturated rings. The molecule has 0 spiro atoms. The molecule has 0 unspecified atom stereocenters. The molecule has 0 atom stereocenters. The summed E-state index contributed by atoms with van der Waals surface area (Å²) in [5.74, 6) is 0. The number of fused-ring (bicyclic) bond motifs is 1. The van der Waals surface area contributed by atoms with Crippen LogP contribution in [0.3, 0.4) is 0 Å². The molecule has 18 heavy (non-hydrogen) atoms. The highest BCUT2D eigenvalue weighted by atomic mass is 19.4. The predicted molar refractivity (Wildman–Crippen MR) is 61.4 cm³/mol. The fraction of sp³-hybridized carbons (Fsp3) is 0.333. The lowest BCUT2D eigenvalue weighted by molar-refractivity contribution is -0.142. The van der Waals surface area contributed by atoms with Crippen LogP contribution >= 0.6 is 0 Å². The van der Waals surface area contributed by atoms with Gasteiger partial charge in [-0.3, -0.25) is 4.79 Å². The van der Waals surface area contributed by atoms with Gasteiger partial charge in [-0.1, -0.05) is 6.07 Å². The highest BCUT2D eigenvalue weighted by Crippen LogP contribution is 2.26. The summed E-state index contributed by atoms with van der Waals surface area (Å²) in [6, 6.07) is 4.82. The minimum Gasteiger partial charge on any atom is -0.305 e. The van der Waals surface area contributed by atoms with Crippen molar-refractivity contribution in [1.29, 1.82) is 0 Å².